The van der Waals surface area contributed by atoms with Crippen molar-refractivity contribution >= 4 is 163 Å². The molecule has 0 spiro atoms. The van der Waals surface area contributed by atoms with Gasteiger partial charge in [-0.05, 0) is 165 Å². The van der Waals surface area contributed by atoms with Crippen LogP contribution in [0.15, 0.2) is 311 Å². The second-order valence-corrected chi connectivity index (χ2v) is 26.6. The molecular weight excluding hydrogens is 1250 g/mol. The lowest BCUT2D eigenvalue weighted by atomic mass is 10.0. The molecule has 10 nitrogen and oxygen atoms in total. The smallest absolute Gasteiger partial charge is 0.236 e. The summed E-state index contributed by atoms with van der Waals surface area (Å²) in [7, 11) is 0. The van der Waals surface area contributed by atoms with Gasteiger partial charge in [0.05, 0.1) is 49.6 Å². The highest BCUT2D eigenvalue weighted by Gasteiger charge is 2.25. The molecule has 8 aromatic heterocycles. The molecule has 0 bridgehead atoms. The van der Waals surface area contributed by atoms with Crippen LogP contribution in [-0.4, -0.2) is 29.1 Å². The number of nitriles is 1. The normalized spacial score (nSPS) is 12.0. The van der Waals surface area contributed by atoms with Crippen molar-refractivity contribution in [3.8, 4) is 62.7 Å². The van der Waals surface area contributed by atoms with E-state index in [0.29, 0.717) is 34.3 Å². The molecule has 0 aliphatic rings. The second-order valence-electron chi connectivity index (χ2n) is 25.5. The van der Waals surface area contributed by atoms with Crippen molar-refractivity contribution in [3.63, 3.8) is 0 Å². The summed E-state index contributed by atoms with van der Waals surface area (Å²) in [5.74, 6) is 1.22. The van der Waals surface area contributed by atoms with Crippen molar-refractivity contribution in [1.29, 1.82) is 5.26 Å². The standard InChI is InChI=1S/C45H24N4O2.C44H25N3OS/c46-25-26-13-15-27(16-14-26)30-17-19-34-41(24-30)51-44-42(31-18-20-40-36(22-31)33-10-4-6-12-39(33)50-40)47-45(48-43(34)44)49-37-11-5-3-9-32(37)35-21-28-7-1-2-8-29(28)23-38(35)49;1-2-10-26(11-3-1)29-19-21-40-35(23-29)42-43(49-40)41(30-18-20-39-34(24-30)32-15-7-9-17-38(32)48-39)45-44(46-42)47-36-16-8-6-14-31(36)33-22-27-12-4-5-13-28(27)25-37(33)47/h1-24H;1-25H. The quantitative estimate of drug-likeness (QED) is 0.161. The fraction of sp³-hybridized carbons (Fsp3) is 0. The molecule has 0 radical (unpaired) electrons. The minimum absolute atomic E-state index is 0.565. The zero-order chi connectivity index (χ0) is 65.7. The highest BCUT2D eigenvalue weighted by Crippen LogP contribution is 2.45. The third-order valence-corrected chi connectivity index (χ3v) is 21.0. The molecule has 22 aromatic rings. The Kier molecular flexibility index (Phi) is 12.1. The number of hydrogen-bond acceptors (Lipinski definition) is 9. The molecule has 0 unspecified atom stereocenters. The fourth-order valence-corrected chi connectivity index (χ4v) is 16.2. The molecule has 0 aliphatic heterocycles. The summed E-state index contributed by atoms with van der Waals surface area (Å²) in [5.41, 5.74) is 19.2. The van der Waals surface area contributed by atoms with E-state index in [1.54, 1.807) is 11.3 Å². The lowest BCUT2D eigenvalue weighted by molar-refractivity contribution is 0.666. The lowest BCUT2D eigenvalue weighted by Gasteiger charge is -2.10. The predicted molar refractivity (Wildman–Crippen MR) is 409 cm³/mol. The molecule has 0 aliphatic carbocycles. The Hall–Kier alpha value is -13.5. The summed E-state index contributed by atoms with van der Waals surface area (Å²) in [4.78, 5) is 21.6. The van der Waals surface area contributed by atoms with Crippen LogP contribution in [0.3, 0.4) is 0 Å². The SMILES string of the molecule is N#Cc1ccc(-c2ccc3c(c2)oc2c(-c4ccc5oc6ccccc6c5c4)nc(-n4c5ccccc5c5cc6ccccc6cc54)nc23)cc1.c1ccc(-c2ccc3sc4c(-c5ccc6oc7ccccc7c6c5)nc(-n5c6ccccc6c6cc7ccccc7cc65)nc4c3c2)cc1. The topological polar surface area (TPSA) is 125 Å². The van der Waals surface area contributed by atoms with Crippen LogP contribution in [0.2, 0.25) is 0 Å². The highest BCUT2D eigenvalue weighted by molar-refractivity contribution is 7.26. The van der Waals surface area contributed by atoms with Crippen LogP contribution in [0, 0.1) is 11.3 Å². The number of fused-ring (bicyclic) bond motifs is 20. The van der Waals surface area contributed by atoms with Gasteiger partial charge in [-0.25, -0.2) is 19.9 Å². The van der Waals surface area contributed by atoms with Gasteiger partial charge in [0.1, 0.15) is 39.1 Å². The van der Waals surface area contributed by atoms with Gasteiger partial charge in [-0.3, -0.25) is 9.13 Å². The summed E-state index contributed by atoms with van der Waals surface area (Å²) in [6.45, 7) is 0. The molecule has 0 atom stereocenters. The van der Waals surface area contributed by atoms with Gasteiger partial charge in [0.15, 0.2) is 5.58 Å². The molecule has 11 heteroatoms. The maximum absolute atomic E-state index is 9.31. The number of para-hydroxylation sites is 4. The summed E-state index contributed by atoms with van der Waals surface area (Å²) in [6, 6.07) is 105. The minimum Gasteiger partial charge on any atom is -0.456 e. The first-order valence-electron chi connectivity index (χ1n) is 33.2. The summed E-state index contributed by atoms with van der Waals surface area (Å²) >= 11 is 1.76. The first-order chi connectivity index (χ1) is 49.5. The van der Waals surface area contributed by atoms with Gasteiger partial charge in [-0.2, -0.15) is 5.26 Å². The van der Waals surface area contributed by atoms with Gasteiger partial charge in [0, 0.05) is 69.7 Å². The molecule has 0 saturated heterocycles. The average Bonchev–Trinajstić information content (AvgIpc) is 1.58. The Labute approximate surface area is 572 Å². The molecule has 0 N–H and O–H groups in total. The van der Waals surface area contributed by atoms with Crippen LogP contribution in [0.25, 0.3) is 208 Å². The molecule has 464 valence electrons. The number of nitrogens with zero attached hydrogens (tertiary/aromatic N) is 7. The van der Waals surface area contributed by atoms with Crippen molar-refractivity contribution in [1.82, 2.24) is 29.1 Å². The molecule has 0 amide bonds. The summed E-state index contributed by atoms with van der Waals surface area (Å²) in [6.07, 6.45) is 0. The van der Waals surface area contributed by atoms with Crippen LogP contribution in [0.1, 0.15) is 5.56 Å². The van der Waals surface area contributed by atoms with Gasteiger partial charge < -0.3 is 13.3 Å². The molecule has 22 rings (SSSR count). The van der Waals surface area contributed by atoms with Crippen molar-refractivity contribution in [2.24, 2.45) is 0 Å². The number of rotatable bonds is 6. The van der Waals surface area contributed by atoms with Gasteiger partial charge in [0.2, 0.25) is 11.9 Å². The van der Waals surface area contributed by atoms with E-state index in [2.05, 4.69) is 240 Å². The van der Waals surface area contributed by atoms with Crippen molar-refractivity contribution in [3.05, 3.63) is 303 Å². The summed E-state index contributed by atoms with van der Waals surface area (Å²) < 4.78 is 25.8. The number of thiophene rings is 1. The zero-order valence-electron chi connectivity index (χ0n) is 53.1. The van der Waals surface area contributed by atoms with Gasteiger partial charge in [0.25, 0.3) is 0 Å². The third-order valence-electron chi connectivity index (χ3n) is 19.8. The van der Waals surface area contributed by atoms with Crippen molar-refractivity contribution in [2.45, 2.75) is 0 Å². The van der Waals surface area contributed by atoms with Crippen LogP contribution in [0.4, 0.5) is 0 Å². The first kappa shape index (κ1) is 55.7. The Morgan fingerprint density at radius 2 is 0.750 bits per heavy atom. The van der Waals surface area contributed by atoms with Gasteiger partial charge >= 0.3 is 0 Å². The van der Waals surface area contributed by atoms with E-state index in [1.807, 2.05) is 72.8 Å². The van der Waals surface area contributed by atoms with E-state index in [1.165, 1.54) is 42.8 Å². The van der Waals surface area contributed by atoms with E-state index in [9.17, 15) is 5.26 Å². The third kappa shape index (κ3) is 8.67. The highest BCUT2D eigenvalue weighted by atomic mass is 32.1. The molecule has 0 saturated carbocycles. The zero-order valence-corrected chi connectivity index (χ0v) is 53.9. The van der Waals surface area contributed by atoms with E-state index < -0.39 is 0 Å². The van der Waals surface area contributed by atoms with Crippen molar-refractivity contribution < 1.29 is 13.3 Å². The van der Waals surface area contributed by atoms with Gasteiger partial charge in [-0.15, -0.1) is 11.3 Å². The first-order valence-corrected chi connectivity index (χ1v) is 34.0. The van der Waals surface area contributed by atoms with E-state index in [0.717, 1.165) is 137 Å². The number of hydrogen-bond donors (Lipinski definition) is 0. The van der Waals surface area contributed by atoms with E-state index in [4.69, 9.17) is 33.2 Å². The van der Waals surface area contributed by atoms with Crippen LogP contribution >= 0.6 is 11.3 Å². The van der Waals surface area contributed by atoms with Gasteiger partial charge in [-0.1, -0.05) is 176 Å². The molecule has 100 heavy (non-hydrogen) atoms. The summed E-state index contributed by atoms with van der Waals surface area (Å²) in [5, 5.41) is 25.0. The largest absolute Gasteiger partial charge is 0.456 e. The fourth-order valence-electron chi connectivity index (χ4n) is 15.1. The minimum atomic E-state index is 0.565. The molecule has 0 fully saturated rings. The monoisotopic (exact) mass is 1300 g/mol. The van der Waals surface area contributed by atoms with Crippen LogP contribution in [-0.2, 0) is 0 Å². The molecule has 14 aromatic carbocycles. The molecule has 8 heterocycles. The van der Waals surface area contributed by atoms with E-state index >= 15 is 0 Å². The average molecular weight is 1300 g/mol. The maximum Gasteiger partial charge on any atom is 0.236 e. The Morgan fingerprint density at radius 1 is 0.290 bits per heavy atom. The number of benzene rings is 14. The van der Waals surface area contributed by atoms with Crippen molar-refractivity contribution in [2.75, 3.05) is 0 Å². The molecular formula is C89H49N7O3S. The Morgan fingerprint density at radius 3 is 1.36 bits per heavy atom. The lowest BCUT2D eigenvalue weighted by Crippen LogP contribution is -2.02. The van der Waals surface area contributed by atoms with Crippen LogP contribution < -0.4 is 0 Å². The number of furan rings is 3. The second kappa shape index (κ2) is 21.7. The van der Waals surface area contributed by atoms with E-state index in [-0.39, 0.29) is 0 Å². The Bertz CT molecular complexity index is 7250. The van der Waals surface area contributed by atoms with Crippen LogP contribution in [0.5, 0.6) is 0 Å². The predicted octanol–water partition coefficient (Wildman–Crippen LogP) is 24.1. The maximum atomic E-state index is 9.31. The Balaban J connectivity index is 0.000000131. The number of aromatic nitrogens is 6.